The van der Waals surface area contributed by atoms with Crippen LogP contribution in [0.2, 0.25) is 0 Å². The van der Waals surface area contributed by atoms with Crippen LogP contribution in [0.5, 0.6) is 0 Å². The zero-order valence-corrected chi connectivity index (χ0v) is 14.5. The van der Waals surface area contributed by atoms with Crippen LogP contribution in [0.4, 0.5) is 4.39 Å². The van der Waals surface area contributed by atoms with E-state index in [1.165, 1.54) is 29.2 Å². The van der Waals surface area contributed by atoms with Gasteiger partial charge in [0.15, 0.2) is 5.65 Å². The summed E-state index contributed by atoms with van der Waals surface area (Å²) in [7, 11) is 0. The first-order valence-electron chi connectivity index (χ1n) is 7.55. The lowest BCUT2D eigenvalue weighted by atomic mass is 10.2. The van der Waals surface area contributed by atoms with E-state index in [1.807, 2.05) is 24.3 Å². The average molecular weight is 399 g/mol. The monoisotopic (exact) mass is 398 g/mol. The molecule has 4 aromatic rings. The molecule has 7 heteroatoms. The van der Waals surface area contributed by atoms with Crippen LogP contribution in [0.3, 0.4) is 0 Å². The molecule has 0 saturated carbocycles. The molecule has 0 aliphatic rings. The van der Waals surface area contributed by atoms with E-state index in [4.69, 9.17) is 0 Å². The lowest BCUT2D eigenvalue weighted by Crippen LogP contribution is -2.21. The van der Waals surface area contributed by atoms with Crippen molar-refractivity contribution in [3.05, 3.63) is 87.3 Å². The van der Waals surface area contributed by atoms with Crippen molar-refractivity contribution in [2.75, 3.05) is 0 Å². The first-order chi connectivity index (χ1) is 12.1. The van der Waals surface area contributed by atoms with Gasteiger partial charge in [-0.25, -0.2) is 14.1 Å². The Balaban J connectivity index is 1.77. The lowest BCUT2D eigenvalue weighted by Gasteiger charge is -2.07. The fraction of sp³-hybridized carbons (Fsp3) is 0.0556. The van der Waals surface area contributed by atoms with Crippen molar-refractivity contribution in [2.45, 2.75) is 6.54 Å². The van der Waals surface area contributed by atoms with Gasteiger partial charge < -0.3 is 0 Å². The fourth-order valence-electron chi connectivity index (χ4n) is 2.66. The zero-order valence-electron chi connectivity index (χ0n) is 12.9. The molecule has 0 unspecified atom stereocenters. The van der Waals surface area contributed by atoms with Gasteiger partial charge in [0.2, 0.25) is 0 Å². The molecule has 0 saturated heterocycles. The Kier molecular flexibility index (Phi) is 3.93. The Bertz CT molecular complexity index is 1120. The van der Waals surface area contributed by atoms with E-state index < -0.39 is 0 Å². The fourth-order valence-corrected chi connectivity index (χ4v) is 2.93. The number of hydrogen-bond acceptors (Lipinski definition) is 3. The van der Waals surface area contributed by atoms with Crippen LogP contribution in [0.25, 0.3) is 16.7 Å². The van der Waals surface area contributed by atoms with Crippen molar-refractivity contribution in [3.8, 4) is 5.69 Å². The van der Waals surface area contributed by atoms with Gasteiger partial charge in [-0.05, 0) is 42.0 Å². The molecule has 0 bridgehead atoms. The van der Waals surface area contributed by atoms with E-state index in [0.29, 0.717) is 16.6 Å². The maximum atomic E-state index is 13.3. The minimum absolute atomic E-state index is 0.211. The SMILES string of the molecule is O=c1c2cnn(-c3ccc(Br)cc3)c2ncn1Cc1cccc(F)c1. The maximum Gasteiger partial charge on any atom is 0.264 e. The van der Waals surface area contributed by atoms with Crippen molar-refractivity contribution in [1.82, 2.24) is 19.3 Å². The molecular formula is C18H12BrFN4O. The second-order valence-electron chi connectivity index (χ2n) is 5.58. The Morgan fingerprint density at radius 2 is 1.92 bits per heavy atom. The Labute approximate surface area is 150 Å². The van der Waals surface area contributed by atoms with Gasteiger partial charge in [0, 0.05) is 4.47 Å². The van der Waals surface area contributed by atoms with Crippen molar-refractivity contribution in [2.24, 2.45) is 0 Å². The summed E-state index contributed by atoms with van der Waals surface area (Å²) in [6.07, 6.45) is 2.97. The van der Waals surface area contributed by atoms with Gasteiger partial charge in [-0.1, -0.05) is 28.1 Å². The van der Waals surface area contributed by atoms with Crippen LogP contribution >= 0.6 is 15.9 Å². The minimum atomic E-state index is -0.331. The van der Waals surface area contributed by atoms with Crippen molar-refractivity contribution in [3.63, 3.8) is 0 Å². The molecule has 4 rings (SSSR count). The van der Waals surface area contributed by atoms with Crippen LogP contribution in [-0.4, -0.2) is 19.3 Å². The van der Waals surface area contributed by atoms with Gasteiger partial charge in [-0.2, -0.15) is 5.10 Å². The number of fused-ring (bicyclic) bond motifs is 1. The Morgan fingerprint density at radius 3 is 2.68 bits per heavy atom. The van der Waals surface area contributed by atoms with Gasteiger partial charge in [0.05, 0.1) is 18.4 Å². The molecule has 0 aliphatic heterocycles. The minimum Gasteiger partial charge on any atom is -0.294 e. The van der Waals surface area contributed by atoms with Crippen LogP contribution in [0.15, 0.2) is 70.3 Å². The summed E-state index contributed by atoms with van der Waals surface area (Å²) in [5.74, 6) is -0.331. The first-order valence-corrected chi connectivity index (χ1v) is 8.35. The van der Waals surface area contributed by atoms with Crippen LogP contribution in [-0.2, 0) is 6.54 Å². The van der Waals surface area contributed by atoms with E-state index in [1.54, 1.807) is 16.8 Å². The molecule has 2 aromatic heterocycles. The smallest absolute Gasteiger partial charge is 0.264 e. The molecule has 0 N–H and O–H groups in total. The quantitative estimate of drug-likeness (QED) is 0.530. The highest BCUT2D eigenvalue weighted by molar-refractivity contribution is 9.10. The van der Waals surface area contributed by atoms with Crippen LogP contribution in [0, 0.1) is 5.82 Å². The van der Waals surface area contributed by atoms with E-state index in [-0.39, 0.29) is 17.9 Å². The highest BCUT2D eigenvalue weighted by Crippen LogP contribution is 2.17. The Morgan fingerprint density at radius 1 is 1.12 bits per heavy atom. The van der Waals surface area contributed by atoms with Gasteiger partial charge >= 0.3 is 0 Å². The van der Waals surface area contributed by atoms with Gasteiger partial charge in [0.1, 0.15) is 17.5 Å². The number of halogens is 2. The summed E-state index contributed by atoms with van der Waals surface area (Å²) in [4.78, 5) is 17.1. The predicted octanol–water partition coefficient (Wildman–Crippen LogP) is 3.53. The Hall–Kier alpha value is -2.80. The molecule has 2 aromatic carbocycles. The summed E-state index contributed by atoms with van der Waals surface area (Å²) in [5.41, 5.74) is 1.79. The van der Waals surface area contributed by atoms with Crippen molar-refractivity contribution in [1.29, 1.82) is 0 Å². The first kappa shape index (κ1) is 15.7. The molecule has 0 amide bonds. The van der Waals surface area contributed by atoms with Gasteiger partial charge in [-0.3, -0.25) is 9.36 Å². The summed E-state index contributed by atoms with van der Waals surface area (Å²) in [6, 6.07) is 13.7. The van der Waals surface area contributed by atoms with E-state index in [2.05, 4.69) is 26.0 Å². The molecule has 0 spiro atoms. The average Bonchev–Trinajstić information content (AvgIpc) is 3.03. The third-order valence-electron chi connectivity index (χ3n) is 3.87. The number of aromatic nitrogens is 4. The largest absolute Gasteiger partial charge is 0.294 e. The second-order valence-corrected chi connectivity index (χ2v) is 6.49. The maximum absolute atomic E-state index is 13.3. The van der Waals surface area contributed by atoms with Crippen molar-refractivity contribution >= 4 is 27.0 Å². The normalized spacial score (nSPS) is 11.1. The van der Waals surface area contributed by atoms with Crippen LogP contribution < -0.4 is 5.56 Å². The summed E-state index contributed by atoms with van der Waals surface area (Å²) >= 11 is 3.39. The summed E-state index contributed by atoms with van der Waals surface area (Å²) in [6.45, 7) is 0.253. The summed E-state index contributed by atoms with van der Waals surface area (Å²) < 4.78 is 17.3. The van der Waals surface area contributed by atoms with Gasteiger partial charge in [-0.15, -0.1) is 0 Å². The highest BCUT2D eigenvalue weighted by Gasteiger charge is 2.11. The molecule has 0 aliphatic carbocycles. The molecular weight excluding hydrogens is 387 g/mol. The molecule has 5 nitrogen and oxygen atoms in total. The predicted molar refractivity (Wildman–Crippen MR) is 96.3 cm³/mol. The van der Waals surface area contributed by atoms with Crippen molar-refractivity contribution < 1.29 is 4.39 Å². The van der Waals surface area contributed by atoms with E-state index in [9.17, 15) is 9.18 Å². The molecule has 25 heavy (non-hydrogen) atoms. The lowest BCUT2D eigenvalue weighted by molar-refractivity contribution is 0.622. The van der Waals surface area contributed by atoms with E-state index >= 15 is 0 Å². The third-order valence-corrected chi connectivity index (χ3v) is 4.40. The summed E-state index contributed by atoms with van der Waals surface area (Å²) in [5, 5.41) is 4.70. The molecule has 0 atom stereocenters. The number of benzene rings is 2. The molecule has 2 heterocycles. The molecule has 124 valence electrons. The van der Waals surface area contributed by atoms with E-state index in [0.717, 1.165) is 10.2 Å². The third kappa shape index (κ3) is 2.98. The topological polar surface area (TPSA) is 52.7 Å². The highest BCUT2D eigenvalue weighted by atomic mass is 79.9. The second kappa shape index (κ2) is 6.25. The number of hydrogen-bond donors (Lipinski definition) is 0. The number of nitrogens with zero attached hydrogens (tertiary/aromatic N) is 4. The van der Waals surface area contributed by atoms with Gasteiger partial charge in [0.25, 0.3) is 5.56 Å². The standard InChI is InChI=1S/C18H12BrFN4O/c19-13-4-6-15(7-5-13)24-17-16(9-22-24)18(25)23(11-21-17)10-12-2-1-3-14(20)8-12/h1-9,11H,10H2. The molecule has 0 fully saturated rings. The van der Waals surface area contributed by atoms with Crippen LogP contribution in [0.1, 0.15) is 5.56 Å². The number of rotatable bonds is 3. The zero-order chi connectivity index (χ0) is 17.4. The molecule has 0 radical (unpaired) electrons.